The van der Waals surface area contributed by atoms with Crippen LogP contribution in [-0.4, -0.2) is 34.8 Å². The third-order valence-corrected chi connectivity index (χ3v) is 0.0430. The van der Waals surface area contributed by atoms with Crippen molar-refractivity contribution in [3.8, 4) is 0 Å². The summed E-state index contributed by atoms with van der Waals surface area (Å²) < 4.78 is 0. The summed E-state index contributed by atoms with van der Waals surface area (Å²) in [5, 5.41) is 7.01. The van der Waals surface area contributed by atoms with Gasteiger partial charge in [0.15, 0.2) is 0 Å². The van der Waals surface area contributed by atoms with Gasteiger partial charge in [0.25, 0.3) is 0 Å². The first-order chi connectivity index (χ1) is 1.91. The summed E-state index contributed by atoms with van der Waals surface area (Å²) in [4.78, 5) is 11.6. The van der Waals surface area contributed by atoms with Gasteiger partial charge in [-0.3, -0.25) is 4.79 Å². The van der Waals surface area contributed by atoms with Gasteiger partial charge in [0.2, 0.25) is 0 Å². The summed E-state index contributed by atoms with van der Waals surface area (Å²) in [7, 11) is 0. The molecule has 0 saturated carbocycles. The van der Waals surface area contributed by atoms with Crippen molar-refractivity contribution in [3.63, 3.8) is 0 Å². The monoisotopic (exact) mass is 88.0 g/mol. The predicted molar refractivity (Wildman–Crippen MR) is 18.3 cm³/mol. The van der Waals surface area contributed by atoms with Crippen LogP contribution < -0.4 is 0 Å². The minimum atomic E-state index is -0.0694. The topological polar surface area (TPSA) is 46.5 Å². The average Bonchev–Trinajstić information content (AvgIpc) is 1.37. The van der Waals surface area contributed by atoms with Crippen molar-refractivity contribution in [2.75, 3.05) is 0 Å². The van der Waals surface area contributed by atoms with Crippen LogP contribution in [0.1, 0.15) is 0 Å². The molecule has 3 nitrogen and oxygen atoms in total. The van der Waals surface area contributed by atoms with Crippen LogP contribution in [0.15, 0.2) is 0 Å². The van der Waals surface area contributed by atoms with Crippen molar-refractivity contribution in [2.24, 2.45) is 0 Å². The number of rotatable bonds is 1. The molecule has 0 bridgehead atoms. The van der Waals surface area contributed by atoms with Crippen molar-refractivity contribution in [2.45, 2.75) is 0 Å². The molecule has 0 saturated heterocycles. The van der Waals surface area contributed by atoms with Crippen molar-refractivity contribution < 1.29 is 14.9 Å². The SMILES string of the molecule is O=COO.[MgH2]. The highest BCUT2D eigenvalue weighted by Crippen LogP contribution is 1.33. The van der Waals surface area contributed by atoms with Gasteiger partial charge in [-0.05, 0) is 0 Å². The van der Waals surface area contributed by atoms with Gasteiger partial charge >= 0.3 is 29.5 Å². The molecule has 0 atom stereocenters. The fraction of sp³-hybridized carbons (Fsp3) is 0. The summed E-state index contributed by atoms with van der Waals surface area (Å²) in [5.41, 5.74) is 0. The third kappa shape index (κ3) is 14.1. The van der Waals surface area contributed by atoms with E-state index in [0.29, 0.717) is 0 Å². The Labute approximate surface area is 45.0 Å². The maximum Gasteiger partial charge on any atom is 0.330 e. The van der Waals surface area contributed by atoms with E-state index < -0.39 is 0 Å². The van der Waals surface area contributed by atoms with Crippen LogP contribution in [0.25, 0.3) is 0 Å². The number of carbonyl (C=O) groups excluding carboxylic acids is 1. The number of carbonyl (C=O) groups is 1. The van der Waals surface area contributed by atoms with Gasteiger partial charge in [-0.25, -0.2) is 5.26 Å². The van der Waals surface area contributed by atoms with Gasteiger partial charge < -0.3 is 4.89 Å². The zero-order chi connectivity index (χ0) is 3.41. The van der Waals surface area contributed by atoms with Crippen LogP contribution in [0.4, 0.5) is 0 Å². The minimum Gasteiger partial charge on any atom is -0.304 e. The molecule has 0 fully saturated rings. The molecular formula is CH4MgO3. The van der Waals surface area contributed by atoms with Crippen molar-refractivity contribution in [1.82, 2.24) is 0 Å². The lowest BCUT2D eigenvalue weighted by molar-refractivity contribution is -0.217. The van der Waals surface area contributed by atoms with Crippen LogP contribution in [0, 0.1) is 0 Å². The van der Waals surface area contributed by atoms with Gasteiger partial charge in [0, 0.05) is 0 Å². The molecule has 0 aromatic rings. The van der Waals surface area contributed by atoms with Crippen LogP contribution in [0.3, 0.4) is 0 Å². The van der Waals surface area contributed by atoms with E-state index in [1.807, 2.05) is 0 Å². The molecule has 0 aliphatic rings. The Balaban J connectivity index is 0. The van der Waals surface area contributed by atoms with Gasteiger partial charge in [0.05, 0.1) is 0 Å². The Bertz CT molecular complexity index is 20.9. The molecule has 28 valence electrons. The molecule has 5 heavy (non-hydrogen) atoms. The van der Waals surface area contributed by atoms with Gasteiger partial charge in [-0.1, -0.05) is 0 Å². The maximum absolute atomic E-state index is 8.70. The summed E-state index contributed by atoms with van der Waals surface area (Å²) in [6, 6.07) is 0. The highest BCUT2D eigenvalue weighted by Gasteiger charge is 1.47. The molecule has 1 N–H and O–H groups in total. The second-order valence-electron chi connectivity index (χ2n) is 0.202. The number of hydrogen-bond acceptors (Lipinski definition) is 3. The quantitative estimate of drug-likeness (QED) is 0.188. The largest absolute Gasteiger partial charge is 0.330 e. The number of hydrogen-bond donors (Lipinski definition) is 1. The molecule has 0 radical (unpaired) electrons. The zero-order valence-electron chi connectivity index (χ0n) is 1.84. The van der Waals surface area contributed by atoms with Gasteiger partial charge in [-0.15, -0.1) is 0 Å². The molecule has 0 aromatic carbocycles. The molecule has 0 spiro atoms. The van der Waals surface area contributed by atoms with Crippen LogP contribution in [0.2, 0.25) is 0 Å². The Morgan fingerprint density at radius 1 is 1.80 bits per heavy atom. The predicted octanol–water partition coefficient (Wildman–Crippen LogP) is -1.28. The highest BCUT2D eigenvalue weighted by molar-refractivity contribution is 5.75. The molecule has 0 amide bonds. The lowest BCUT2D eigenvalue weighted by Crippen LogP contribution is -1.69. The van der Waals surface area contributed by atoms with E-state index in [1.54, 1.807) is 0 Å². The van der Waals surface area contributed by atoms with Gasteiger partial charge in [-0.2, -0.15) is 0 Å². The molecular weight excluding hydrogens is 84.3 g/mol. The van der Waals surface area contributed by atoms with E-state index in [4.69, 9.17) is 10.1 Å². The smallest absolute Gasteiger partial charge is 0.304 e. The maximum atomic E-state index is 8.70. The normalized spacial score (nSPS) is 4.20. The fourth-order valence-corrected chi connectivity index (χ4v) is 0. The first-order valence-corrected chi connectivity index (χ1v) is 0.654. The van der Waals surface area contributed by atoms with Crippen LogP contribution in [0.5, 0.6) is 0 Å². The molecule has 0 heterocycles. The molecule has 0 aliphatic carbocycles. The van der Waals surface area contributed by atoms with Crippen LogP contribution >= 0.6 is 0 Å². The first kappa shape index (κ1) is 8.96. The zero-order valence-corrected chi connectivity index (χ0v) is 1.84. The third-order valence-electron chi connectivity index (χ3n) is 0.0430. The highest BCUT2D eigenvalue weighted by atomic mass is 24.3. The Kier molecular flexibility index (Phi) is 15.9. The van der Waals surface area contributed by atoms with E-state index in [-0.39, 0.29) is 29.5 Å². The van der Waals surface area contributed by atoms with E-state index in [9.17, 15) is 0 Å². The Morgan fingerprint density at radius 2 is 2.00 bits per heavy atom. The summed E-state index contributed by atoms with van der Waals surface area (Å²) in [6.07, 6.45) is 0. The molecule has 4 heteroatoms. The Hall–Kier alpha value is 0.196. The van der Waals surface area contributed by atoms with Gasteiger partial charge in [0.1, 0.15) is 0 Å². The molecule has 0 rings (SSSR count). The fourth-order valence-electron chi connectivity index (χ4n) is 0. The van der Waals surface area contributed by atoms with E-state index in [2.05, 4.69) is 4.89 Å². The summed E-state index contributed by atoms with van der Waals surface area (Å²) in [6.45, 7) is -0.0694. The first-order valence-electron chi connectivity index (χ1n) is 0.654. The van der Waals surface area contributed by atoms with E-state index in [0.717, 1.165) is 0 Å². The molecule has 0 unspecified atom stereocenters. The lowest BCUT2D eigenvalue weighted by atomic mass is 11.7. The van der Waals surface area contributed by atoms with Crippen molar-refractivity contribution in [3.05, 3.63) is 0 Å². The minimum absolute atomic E-state index is 0. The summed E-state index contributed by atoms with van der Waals surface area (Å²) in [5.74, 6) is 0. The van der Waals surface area contributed by atoms with Crippen molar-refractivity contribution in [1.29, 1.82) is 0 Å². The average molecular weight is 88.3 g/mol. The Morgan fingerprint density at radius 3 is 2.00 bits per heavy atom. The lowest BCUT2D eigenvalue weighted by Gasteiger charge is -1.63. The standard InChI is InChI=1S/CH2O3.Mg.2H/c2-1-4-3;;;/h1,3H;;;. The second-order valence-corrected chi connectivity index (χ2v) is 0.202. The van der Waals surface area contributed by atoms with Crippen LogP contribution in [-0.2, 0) is 9.68 Å². The van der Waals surface area contributed by atoms with E-state index >= 15 is 0 Å². The van der Waals surface area contributed by atoms with Crippen molar-refractivity contribution >= 4 is 29.5 Å². The summed E-state index contributed by atoms with van der Waals surface area (Å²) >= 11 is 0. The molecule has 0 aromatic heterocycles. The van der Waals surface area contributed by atoms with E-state index in [1.165, 1.54) is 0 Å². The second kappa shape index (κ2) is 8.89. The molecule has 0 aliphatic heterocycles.